The van der Waals surface area contributed by atoms with Crippen molar-refractivity contribution in [1.29, 1.82) is 0 Å². The molecule has 1 heterocycles. The minimum Gasteiger partial charge on any atom is -0.427 e. The zero-order valence-electron chi connectivity index (χ0n) is 9.79. The Morgan fingerprint density at radius 1 is 1.00 bits per heavy atom. The van der Waals surface area contributed by atoms with Gasteiger partial charge in [0.15, 0.2) is 0 Å². The lowest BCUT2D eigenvalue weighted by atomic mass is 9.69. The number of hydrogen-bond acceptors (Lipinski definition) is 3. The molecule has 2 aromatic carbocycles. The van der Waals surface area contributed by atoms with Crippen LogP contribution in [0, 0.1) is 0 Å². The van der Waals surface area contributed by atoms with Crippen molar-refractivity contribution in [2.24, 2.45) is 5.10 Å². The van der Waals surface area contributed by atoms with Gasteiger partial charge < -0.3 is 5.02 Å². The summed E-state index contributed by atoms with van der Waals surface area (Å²) in [6.07, 6.45) is 1.68. The number of anilines is 1. The first-order chi connectivity index (χ1) is 9.15. The fourth-order valence-electron chi connectivity index (χ4n) is 2.01. The molecule has 0 atom stereocenters. The van der Waals surface area contributed by atoms with Crippen molar-refractivity contribution in [3.63, 3.8) is 0 Å². The number of hydrogen-bond donors (Lipinski definition) is 1. The van der Waals surface area contributed by atoms with Gasteiger partial charge in [0.05, 0.1) is 6.21 Å². The van der Waals surface area contributed by atoms with Crippen molar-refractivity contribution >= 4 is 47.6 Å². The first-order valence-corrected chi connectivity index (χ1v) is 6.47. The molecule has 19 heavy (non-hydrogen) atoms. The maximum absolute atomic E-state index is 10.4. The molecule has 94 valence electrons. The van der Waals surface area contributed by atoms with Crippen molar-refractivity contribution in [2.45, 2.75) is 0 Å². The van der Waals surface area contributed by atoms with Gasteiger partial charge in [-0.2, -0.15) is 5.10 Å². The molecule has 0 spiro atoms. The van der Waals surface area contributed by atoms with Crippen LogP contribution in [-0.4, -0.2) is 18.3 Å². The molecular weight excluding hydrogens is 282 g/mol. The van der Waals surface area contributed by atoms with E-state index < -0.39 is 7.05 Å². The standard InChI is InChI=1S/C13H9BCl2N2O/c15-10-1-4-12(5-2-10)18-14(19)13-6-3-11(16)7-9(13)8-17-18/h1-8,19H. The first kappa shape index (κ1) is 12.5. The summed E-state index contributed by atoms with van der Waals surface area (Å²) in [5, 5.41) is 15.9. The predicted molar refractivity (Wildman–Crippen MR) is 80.6 cm³/mol. The third-order valence-electron chi connectivity index (χ3n) is 2.97. The summed E-state index contributed by atoms with van der Waals surface area (Å²) < 4.78 is 0. The second-order valence-electron chi connectivity index (χ2n) is 4.21. The summed E-state index contributed by atoms with van der Waals surface area (Å²) in [5.74, 6) is 0. The molecule has 6 heteroatoms. The molecule has 0 radical (unpaired) electrons. The molecule has 0 amide bonds. The highest BCUT2D eigenvalue weighted by molar-refractivity contribution is 6.71. The zero-order valence-corrected chi connectivity index (χ0v) is 11.3. The van der Waals surface area contributed by atoms with Crippen molar-refractivity contribution in [3.05, 3.63) is 58.1 Å². The zero-order chi connectivity index (χ0) is 13.4. The maximum atomic E-state index is 10.4. The van der Waals surface area contributed by atoms with Gasteiger partial charge in [0.2, 0.25) is 0 Å². The smallest absolute Gasteiger partial charge is 0.427 e. The van der Waals surface area contributed by atoms with Crippen LogP contribution in [0.4, 0.5) is 5.69 Å². The Kier molecular flexibility index (Phi) is 3.23. The summed E-state index contributed by atoms with van der Waals surface area (Å²) in [6, 6.07) is 12.5. The number of halogens is 2. The Balaban J connectivity index is 2.00. The lowest BCUT2D eigenvalue weighted by molar-refractivity contribution is 0.578. The third kappa shape index (κ3) is 2.35. The summed E-state index contributed by atoms with van der Waals surface area (Å²) in [7, 11) is -0.835. The van der Waals surface area contributed by atoms with E-state index in [2.05, 4.69) is 5.10 Å². The maximum Gasteiger partial charge on any atom is 0.471 e. The minimum atomic E-state index is -0.835. The number of fused-ring (bicyclic) bond motifs is 1. The molecular formula is C13H9BCl2N2O. The summed E-state index contributed by atoms with van der Waals surface area (Å²) in [6.45, 7) is 0. The minimum absolute atomic E-state index is 0.623. The van der Waals surface area contributed by atoms with Gasteiger partial charge in [-0.05, 0) is 47.4 Å². The average Bonchev–Trinajstić information content (AvgIpc) is 2.40. The number of nitrogens with zero attached hydrogens (tertiary/aromatic N) is 2. The molecule has 1 aliphatic heterocycles. The number of rotatable bonds is 1. The Hall–Kier alpha value is -1.49. The van der Waals surface area contributed by atoms with E-state index in [-0.39, 0.29) is 0 Å². The molecule has 3 rings (SSSR count). The van der Waals surface area contributed by atoms with Crippen LogP contribution >= 0.6 is 23.2 Å². The van der Waals surface area contributed by atoms with E-state index in [4.69, 9.17) is 23.2 Å². The topological polar surface area (TPSA) is 35.8 Å². The van der Waals surface area contributed by atoms with E-state index in [1.807, 2.05) is 12.1 Å². The molecule has 0 aliphatic carbocycles. The number of hydrazone groups is 1. The van der Waals surface area contributed by atoms with E-state index in [0.717, 1.165) is 16.7 Å². The van der Waals surface area contributed by atoms with Crippen molar-refractivity contribution < 1.29 is 5.02 Å². The molecule has 0 bridgehead atoms. The van der Waals surface area contributed by atoms with Gasteiger partial charge in [0.25, 0.3) is 0 Å². The molecule has 0 fully saturated rings. The third-order valence-corrected chi connectivity index (χ3v) is 3.46. The highest BCUT2D eigenvalue weighted by Crippen LogP contribution is 2.21. The van der Waals surface area contributed by atoms with E-state index in [0.29, 0.717) is 10.0 Å². The molecule has 0 aromatic heterocycles. The second-order valence-corrected chi connectivity index (χ2v) is 5.09. The Bertz CT molecular complexity index is 646. The highest BCUT2D eigenvalue weighted by Gasteiger charge is 2.30. The Labute approximate surface area is 121 Å². The molecule has 3 nitrogen and oxygen atoms in total. The summed E-state index contributed by atoms with van der Waals surface area (Å²) in [5.41, 5.74) is 2.37. The van der Waals surface area contributed by atoms with Crippen molar-refractivity contribution in [3.8, 4) is 0 Å². The quantitative estimate of drug-likeness (QED) is 0.820. The van der Waals surface area contributed by atoms with Crippen LogP contribution in [0.3, 0.4) is 0 Å². The van der Waals surface area contributed by atoms with E-state index in [1.165, 1.54) is 4.92 Å². The SMILES string of the molecule is OB1c2ccc(Cl)cc2C=NN1c1ccc(Cl)cc1. The van der Waals surface area contributed by atoms with Gasteiger partial charge in [-0.25, -0.2) is 0 Å². The summed E-state index contributed by atoms with van der Waals surface area (Å²) in [4.78, 5) is 1.53. The van der Waals surface area contributed by atoms with Gasteiger partial charge >= 0.3 is 7.05 Å². The molecule has 1 aliphatic rings. The molecule has 1 N–H and O–H groups in total. The molecule has 0 saturated carbocycles. The normalized spacial score (nSPS) is 13.6. The largest absolute Gasteiger partial charge is 0.471 e. The van der Waals surface area contributed by atoms with Crippen LogP contribution in [0.5, 0.6) is 0 Å². The van der Waals surface area contributed by atoms with Crippen LogP contribution in [0.15, 0.2) is 47.6 Å². The predicted octanol–water partition coefficient (Wildman–Crippen LogP) is 2.54. The van der Waals surface area contributed by atoms with E-state index in [9.17, 15) is 5.02 Å². The van der Waals surface area contributed by atoms with Gasteiger partial charge in [0, 0.05) is 15.7 Å². The van der Waals surface area contributed by atoms with Gasteiger partial charge in [0.1, 0.15) is 0 Å². The van der Waals surface area contributed by atoms with E-state index in [1.54, 1.807) is 36.5 Å². The fraction of sp³-hybridized carbons (Fsp3) is 0. The summed E-state index contributed by atoms with van der Waals surface area (Å²) >= 11 is 11.8. The average molecular weight is 291 g/mol. The van der Waals surface area contributed by atoms with Crippen LogP contribution < -0.4 is 10.4 Å². The second kappa shape index (κ2) is 4.89. The highest BCUT2D eigenvalue weighted by atomic mass is 35.5. The van der Waals surface area contributed by atoms with Crippen LogP contribution in [0.2, 0.25) is 10.0 Å². The first-order valence-electron chi connectivity index (χ1n) is 5.71. The Morgan fingerprint density at radius 2 is 1.68 bits per heavy atom. The fourth-order valence-corrected chi connectivity index (χ4v) is 2.32. The lowest BCUT2D eigenvalue weighted by Gasteiger charge is -2.26. The molecule has 0 unspecified atom stereocenters. The van der Waals surface area contributed by atoms with Crippen molar-refractivity contribution in [2.75, 3.05) is 4.92 Å². The van der Waals surface area contributed by atoms with E-state index >= 15 is 0 Å². The van der Waals surface area contributed by atoms with Gasteiger partial charge in [-0.3, -0.25) is 4.92 Å². The van der Waals surface area contributed by atoms with Crippen LogP contribution in [-0.2, 0) is 0 Å². The monoisotopic (exact) mass is 290 g/mol. The Morgan fingerprint density at radius 3 is 2.42 bits per heavy atom. The molecule has 0 saturated heterocycles. The van der Waals surface area contributed by atoms with Gasteiger partial charge in [-0.1, -0.05) is 29.3 Å². The van der Waals surface area contributed by atoms with Crippen molar-refractivity contribution in [1.82, 2.24) is 0 Å². The van der Waals surface area contributed by atoms with Gasteiger partial charge in [-0.15, -0.1) is 0 Å². The van der Waals surface area contributed by atoms with Crippen LogP contribution in [0.1, 0.15) is 5.56 Å². The van der Waals surface area contributed by atoms with Crippen LogP contribution in [0.25, 0.3) is 0 Å². The lowest BCUT2D eigenvalue weighted by Crippen LogP contribution is -2.50. The molecule has 2 aromatic rings. The number of benzene rings is 2.